The van der Waals surface area contributed by atoms with E-state index in [1.165, 1.54) is 4.90 Å². The van der Waals surface area contributed by atoms with Crippen LogP contribution in [0.15, 0.2) is 42.6 Å². The number of hydrogen-bond donors (Lipinski definition) is 1. The number of aromatic nitrogens is 4. The molecule has 3 aromatic rings. The van der Waals surface area contributed by atoms with Crippen molar-refractivity contribution >= 4 is 17.5 Å². The molecule has 186 valence electrons. The van der Waals surface area contributed by atoms with Crippen molar-refractivity contribution < 1.29 is 31.1 Å². The number of piperazine rings is 1. The van der Waals surface area contributed by atoms with E-state index in [-0.39, 0.29) is 19.2 Å². The molecule has 4 rings (SSSR count). The van der Waals surface area contributed by atoms with Crippen LogP contribution >= 0.6 is 0 Å². The Morgan fingerprint density at radius 2 is 1.43 bits per heavy atom. The van der Waals surface area contributed by atoms with E-state index in [9.17, 15) is 31.1 Å². The summed E-state index contributed by atoms with van der Waals surface area (Å²) in [5.74, 6) is 1.09. The lowest BCUT2D eigenvalue weighted by Gasteiger charge is -2.35. The van der Waals surface area contributed by atoms with Crippen molar-refractivity contribution in [1.29, 1.82) is 0 Å². The molecule has 1 aliphatic rings. The minimum atomic E-state index is -5.00. The quantitative estimate of drug-likeness (QED) is 0.542. The number of carbonyl (C=O) groups is 1. The molecule has 8 nitrogen and oxygen atoms in total. The molecule has 0 radical (unpaired) electrons. The molecular formula is C21H19F6N7O. The molecule has 0 bridgehead atoms. The number of urea groups is 1. The van der Waals surface area contributed by atoms with Crippen LogP contribution in [-0.2, 0) is 12.4 Å². The van der Waals surface area contributed by atoms with Gasteiger partial charge in [0.15, 0.2) is 11.6 Å². The highest BCUT2D eigenvalue weighted by molar-refractivity contribution is 5.89. The predicted octanol–water partition coefficient (Wildman–Crippen LogP) is 4.36. The Labute approximate surface area is 195 Å². The molecule has 0 spiro atoms. The monoisotopic (exact) mass is 499 g/mol. The molecule has 1 N–H and O–H groups in total. The van der Waals surface area contributed by atoms with Crippen LogP contribution in [-0.4, -0.2) is 57.1 Å². The van der Waals surface area contributed by atoms with Gasteiger partial charge in [-0.3, -0.25) is 0 Å². The Hall–Kier alpha value is -3.84. The molecular weight excluding hydrogens is 480 g/mol. The normalized spacial score (nSPS) is 14.8. The molecule has 2 aromatic heterocycles. The van der Waals surface area contributed by atoms with Gasteiger partial charge >= 0.3 is 18.4 Å². The Balaban J connectivity index is 1.40. The van der Waals surface area contributed by atoms with Crippen LogP contribution < -0.4 is 10.2 Å². The first kappa shape index (κ1) is 24.3. The van der Waals surface area contributed by atoms with Gasteiger partial charge in [-0.05, 0) is 43.3 Å². The van der Waals surface area contributed by atoms with Crippen molar-refractivity contribution in [3.05, 3.63) is 59.4 Å². The number of benzene rings is 1. The van der Waals surface area contributed by atoms with Gasteiger partial charge in [-0.1, -0.05) is 0 Å². The average molecular weight is 499 g/mol. The number of alkyl halides is 6. The maximum atomic E-state index is 13.0. The second-order valence-corrected chi connectivity index (χ2v) is 7.85. The summed E-state index contributed by atoms with van der Waals surface area (Å²) in [7, 11) is 0. The molecule has 0 aliphatic carbocycles. The number of aryl methyl sites for hydroxylation is 1. The first-order chi connectivity index (χ1) is 16.4. The zero-order chi connectivity index (χ0) is 25.4. The van der Waals surface area contributed by atoms with E-state index in [4.69, 9.17) is 0 Å². The first-order valence-corrected chi connectivity index (χ1v) is 10.4. The van der Waals surface area contributed by atoms with E-state index in [2.05, 4.69) is 20.6 Å². The Morgan fingerprint density at radius 3 is 1.91 bits per heavy atom. The minimum Gasteiger partial charge on any atom is -0.352 e. The lowest BCUT2D eigenvalue weighted by atomic mass is 10.1. The van der Waals surface area contributed by atoms with Crippen molar-refractivity contribution in [3.8, 4) is 5.82 Å². The van der Waals surface area contributed by atoms with Crippen LogP contribution in [0, 0.1) is 6.92 Å². The average Bonchev–Trinajstić information content (AvgIpc) is 3.24. The van der Waals surface area contributed by atoms with Crippen molar-refractivity contribution in [3.63, 3.8) is 0 Å². The number of nitrogens with one attached hydrogen (secondary N) is 1. The Kier molecular flexibility index (Phi) is 6.30. The van der Waals surface area contributed by atoms with E-state index in [1.807, 2.05) is 17.9 Å². The summed E-state index contributed by atoms with van der Waals surface area (Å²) in [4.78, 5) is 15.7. The standard InChI is InChI=1S/C21H19F6N7O/c1-13-4-5-34(31-13)18-3-2-17(29-30-18)32-6-8-33(9-7-32)19(35)28-16-11-14(20(22,23)24)10-15(12-16)21(25,26)27/h2-5,10-12H,6-9H2,1H3,(H,28,35). The summed E-state index contributed by atoms with van der Waals surface area (Å²) in [6.07, 6.45) is -8.25. The molecule has 1 fully saturated rings. The Bertz CT molecular complexity index is 1170. The van der Waals surface area contributed by atoms with Gasteiger partial charge < -0.3 is 15.1 Å². The van der Waals surface area contributed by atoms with E-state index in [0.717, 1.165) is 5.69 Å². The van der Waals surface area contributed by atoms with Gasteiger partial charge in [-0.15, -0.1) is 10.2 Å². The summed E-state index contributed by atoms with van der Waals surface area (Å²) in [6, 6.07) is 5.46. The minimum absolute atomic E-state index is 0.00820. The maximum Gasteiger partial charge on any atom is 0.416 e. The van der Waals surface area contributed by atoms with Crippen LogP contribution in [0.2, 0.25) is 0 Å². The third kappa shape index (κ3) is 5.63. The highest BCUT2D eigenvalue weighted by Gasteiger charge is 2.37. The lowest BCUT2D eigenvalue weighted by molar-refractivity contribution is -0.143. The van der Waals surface area contributed by atoms with Gasteiger partial charge in [0.2, 0.25) is 0 Å². The predicted molar refractivity (Wildman–Crippen MR) is 113 cm³/mol. The molecule has 1 saturated heterocycles. The van der Waals surface area contributed by atoms with Crippen LogP contribution in [0.3, 0.4) is 0 Å². The van der Waals surface area contributed by atoms with Crippen LogP contribution in [0.4, 0.5) is 42.6 Å². The summed E-state index contributed by atoms with van der Waals surface area (Å²) >= 11 is 0. The number of nitrogens with zero attached hydrogens (tertiary/aromatic N) is 6. The third-order valence-electron chi connectivity index (χ3n) is 5.32. The lowest BCUT2D eigenvalue weighted by Crippen LogP contribution is -2.50. The summed E-state index contributed by atoms with van der Waals surface area (Å²) in [6.45, 7) is 2.89. The molecule has 0 atom stereocenters. The van der Waals surface area contributed by atoms with Crippen LogP contribution in [0.1, 0.15) is 16.8 Å². The molecule has 2 amide bonds. The zero-order valence-electron chi connectivity index (χ0n) is 18.2. The molecule has 1 aliphatic heterocycles. The molecule has 35 heavy (non-hydrogen) atoms. The largest absolute Gasteiger partial charge is 0.416 e. The van der Waals surface area contributed by atoms with Crippen LogP contribution in [0.5, 0.6) is 0 Å². The first-order valence-electron chi connectivity index (χ1n) is 10.4. The fourth-order valence-electron chi connectivity index (χ4n) is 3.52. The Morgan fingerprint density at radius 1 is 0.857 bits per heavy atom. The van der Waals surface area contributed by atoms with Gasteiger partial charge in [0.1, 0.15) is 0 Å². The highest BCUT2D eigenvalue weighted by atomic mass is 19.4. The van der Waals surface area contributed by atoms with Crippen molar-refractivity contribution in [2.24, 2.45) is 0 Å². The molecule has 1 aromatic carbocycles. The number of rotatable bonds is 3. The maximum absolute atomic E-state index is 13.0. The summed E-state index contributed by atoms with van der Waals surface area (Å²) < 4.78 is 79.8. The van der Waals surface area contributed by atoms with E-state index >= 15 is 0 Å². The van der Waals surface area contributed by atoms with Gasteiger partial charge in [0, 0.05) is 38.1 Å². The summed E-state index contributed by atoms with van der Waals surface area (Å²) in [5, 5.41) is 14.7. The zero-order valence-corrected chi connectivity index (χ0v) is 18.2. The van der Waals surface area contributed by atoms with E-state index in [1.54, 1.807) is 23.0 Å². The van der Waals surface area contributed by atoms with E-state index < -0.39 is 35.2 Å². The van der Waals surface area contributed by atoms with Crippen molar-refractivity contribution in [2.75, 3.05) is 36.4 Å². The fourth-order valence-corrected chi connectivity index (χ4v) is 3.52. The second-order valence-electron chi connectivity index (χ2n) is 7.85. The number of carbonyl (C=O) groups excluding carboxylic acids is 1. The smallest absolute Gasteiger partial charge is 0.352 e. The fraction of sp³-hybridized carbons (Fsp3) is 0.333. The van der Waals surface area contributed by atoms with Crippen molar-refractivity contribution in [1.82, 2.24) is 24.9 Å². The topological polar surface area (TPSA) is 79.2 Å². The number of anilines is 2. The summed E-state index contributed by atoms with van der Waals surface area (Å²) in [5.41, 5.74) is -2.76. The number of amides is 2. The number of halogens is 6. The van der Waals surface area contributed by atoms with Gasteiger partial charge in [-0.25, -0.2) is 9.48 Å². The molecule has 14 heteroatoms. The van der Waals surface area contributed by atoms with Gasteiger partial charge in [0.25, 0.3) is 0 Å². The third-order valence-corrected chi connectivity index (χ3v) is 5.32. The molecule has 0 saturated carbocycles. The molecule has 3 heterocycles. The van der Waals surface area contributed by atoms with Gasteiger partial charge in [-0.2, -0.15) is 31.4 Å². The van der Waals surface area contributed by atoms with Crippen LogP contribution in [0.25, 0.3) is 5.82 Å². The van der Waals surface area contributed by atoms with Crippen molar-refractivity contribution in [2.45, 2.75) is 19.3 Å². The number of hydrogen-bond acceptors (Lipinski definition) is 5. The SMILES string of the molecule is Cc1ccn(-c2ccc(N3CCN(C(=O)Nc4cc(C(F)(F)F)cc(C(F)(F)F)c4)CC3)nn2)n1. The second kappa shape index (κ2) is 9.07. The highest BCUT2D eigenvalue weighted by Crippen LogP contribution is 2.37. The van der Waals surface area contributed by atoms with E-state index in [0.29, 0.717) is 36.9 Å². The molecule has 0 unspecified atom stereocenters. The van der Waals surface area contributed by atoms with Gasteiger partial charge in [0.05, 0.1) is 16.8 Å².